The highest BCUT2D eigenvalue weighted by molar-refractivity contribution is 7.89. The average molecular weight is 478 g/mol. The summed E-state index contributed by atoms with van der Waals surface area (Å²) in [7, 11) is -4.02. The molecule has 174 valence electrons. The molecule has 4 rings (SSSR count). The van der Waals surface area contributed by atoms with E-state index in [1.807, 2.05) is 13.8 Å². The summed E-state index contributed by atoms with van der Waals surface area (Å²) in [5, 5.41) is 0.738. The van der Waals surface area contributed by atoms with Gasteiger partial charge >= 0.3 is 11.6 Å². The van der Waals surface area contributed by atoms with Gasteiger partial charge in [-0.25, -0.2) is 18.0 Å². The topological polar surface area (TPSA) is 103 Å². The third-order valence-electron chi connectivity index (χ3n) is 5.37. The molecule has 4 aromatic rings. The van der Waals surface area contributed by atoms with Crippen LogP contribution in [0.5, 0.6) is 5.75 Å². The highest BCUT2D eigenvalue weighted by Gasteiger charge is 2.29. The SMILES string of the molecule is CCc1cc(=O)oc2cc(OC(=O)[C@@H](NS(=O)(=O)c3ccc(C)cc3)c3ccccc3)ccc12. The van der Waals surface area contributed by atoms with Crippen LogP contribution < -0.4 is 15.1 Å². The highest BCUT2D eigenvalue weighted by Crippen LogP contribution is 2.25. The van der Waals surface area contributed by atoms with Gasteiger partial charge in [-0.15, -0.1) is 0 Å². The van der Waals surface area contributed by atoms with Crippen LogP contribution in [-0.2, 0) is 21.2 Å². The molecular formula is C26H23NO6S. The van der Waals surface area contributed by atoms with Crippen LogP contribution in [0.1, 0.15) is 29.7 Å². The third kappa shape index (κ3) is 5.08. The second-order valence-electron chi connectivity index (χ2n) is 7.80. The fourth-order valence-electron chi connectivity index (χ4n) is 3.58. The number of ether oxygens (including phenoxy) is 1. The van der Waals surface area contributed by atoms with Crippen LogP contribution in [0.3, 0.4) is 0 Å². The summed E-state index contributed by atoms with van der Waals surface area (Å²) in [5.41, 5.74) is 1.93. The van der Waals surface area contributed by atoms with Crippen LogP contribution >= 0.6 is 0 Å². The Hall–Kier alpha value is -3.75. The van der Waals surface area contributed by atoms with Crippen molar-refractivity contribution in [3.63, 3.8) is 0 Å². The number of hydrogen-bond acceptors (Lipinski definition) is 6. The van der Waals surface area contributed by atoms with Crippen molar-refractivity contribution in [3.8, 4) is 5.75 Å². The predicted octanol–water partition coefficient (Wildman–Crippen LogP) is 4.29. The standard InChI is InChI=1S/C26H23NO6S/c1-3-18-15-24(28)33-23-16-20(11-14-22(18)23)32-26(29)25(19-7-5-4-6-8-19)27-34(30,31)21-12-9-17(2)10-13-21/h4-16,25,27H,3H2,1-2H3/t25-/m0/s1. The lowest BCUT2D eigenvalue weighted by atomic mass is 10.1. The second-order valence-corrected chi connectivity index (χ2v) is 9.52. The van der Waals surface area contributed by atoms with Crippen LogP contribution in [0.4, 0.5) is 0 Å². The fourth-order valence-corrected chi connectivity index (χ4v) is 4.75. The Bertz CT molecular complexity index is 1490. The number of nitrogens with one attached hydrogen (secondary N) is 1. The summed E-state index contributed by atoms with van der Waals surface area (Å²) in [6, 6.07) is 19.6. The van der Waals surface area contributed by atoms with E-state index in [2.05, 4.69) is 4.72 Å². The van der Waals surface area contributed by atoms with E-state index in [-0.39, 0.29) is 16.2 Å². The van der Waals surface area contributed by atoms with E-state index in [4.69, 9.17) is 9.15 Å². The van der Waals surface area contributed by atoms with E-state index in [0.717, 1.165) is 16.5 Å². The zero-order chi connectivity index (χ0) is 24.3. The minimum atomic E-state index is -4.02. The molecule has 0 amide bonds. The minimum Gasteiger partial charge on any atom is -0.425 e. The Morgan fingerprint density at radius 3 is 2.38 bits per heavy atom. The number of benzene rings is 3. The molecule has 0 aliphatic rings. The van der Waals surface area contributed by atoms with Crippen molar-refractivity contribution in [2.75, 3.05) is 0 Å². The quantitative estimate of drug-likeness (QED) is 0.242. The zero-order valence-corrected chi connectivity index (χ0v) is 19.5. The molecule has 0 fully saturated rings. The third-order valence-corrected chi connectivity index (χ3v) is 6.81. The van der Waals surface area contributed by atoms with Crippen molar-refractivity contribution in [1.82, 2.24) is 4.72 Å². The van der Waals surface area contributed by atoms with Crippen LogP contribution in [-0.4, -0.2) is 14.4 Å². The number of aryl methyl sites for hydroxylation is 2. The minimum absolute atomic E-state index is 0.0337. The van der Waals surface area contributed by atoms with Crippen molar-refractivity contribution >= 4 is 27.0 Å². The van der Waals surface area contributed by atoms with E-state index >= 15 is 0 Å². The lowest BCUT2D eigenvalue weighted by Crippen LogP contribution is -2.36. The first-order valence-electron chi connectivity index (χ1n) is 10.7. The summed E-state index contributed by atoms with van der Waals surface area (Å²) >= 11 is 0. The molecule has 3 aromatic carbocycles. The number of sulfonamides is 1. The van der Waals surface area contributed by atoms with E-state index < -0.39 is 27.7 Å². The van der Waals surface area contributed by atoms with Crippen LogP contribution in [0.25, 0.3) is 11.0 Å². The van der Waals surface area contributed by atoms with Crippen LogP contribution in [0.2, 0.25) is 0 Å². The lowest BCUT2D eigenvalue weighted by molar-refractivity contribution is -0.136. The van der Waals surface area contributed by atoms with Crippen molar-refractivity contribution < 1.29 is 22.4 Å². The fraction of sp³-hybridized carbons (Fsp3) is 0.154. The molecule has 0 bridgehead atoms. The summed E-state index contributed by atoms with van der Waals surface area (Å²) in [5.74, 6) is -0.695. The maximum atomic E-state index is 13.2. The van der Waals surface area contributed by atoms with Crippen LogP contribution in [0.15, 0.2) is 93.0 Å². The molecule has 0 aliphatic carbocycles. The summed E-state index contributed by atoms with van der Waals surface area (Å²) in [6.45, 7) is 3.77. The molecule has 0 radical (unpaired) electrons. The Morgan fingerprint density at radius 1 is 1.00 bits per heavy atom. The van der Waals surface area contributed by atoms with E-state index in [0.29, 0.717) is 12.0 Å². The molecular weight excluding hydrogens is 454 g/mol. The van der Waals surface area contributed by atoms with E-state index in [1.165, 1.54) is 24.3 Å². The normalized spacial score (nSPS) is 12.4. The van der Waals surface area contributed by atoms with E-state index in [9.17, 15) is 18.0 Å². The lowest BCUT2D eigenvalue weighted by Gasteiger charge is -2.18. The van der Waals surface area contributed by atoms with Gasteiger partial charge in [-0.2, -0.15) is 4.72 Å². The molecule has 0 spiro atoms. The highest BCUT2D eigenvalue weighted by atomic mass is 32.2. The molecule has 7 nitrogen and oxygen atoms in total. The number of hydrogen-bond donors (Lipinski definition) is 1. The van der Waals surface area contributed by atoms with Gasteiger partial charge in [0.15, 0.2) is 0 Å². The molecule has 0 saturated carbocycles. The molecule has 8 heteroatoms. The summed E-state index contributed by atoms with van der Waals surface area (Å²) in [4.78, 5) is 25.0. The summed E-state index contributed by atoms with van der Waals surface area (Å²) in [6.07, 6.45) is 0.637. The number of fused-ring (bicyclic) bond motifs is 1. The number of esters is 1. The molecule has 1 atom stereocenters. The average Bonchev–Trinajstić information content (AvgIpc) is 2.82. The predicted molar refractivity (Wildman–Crippen MR) is 128 cm³/mol. The first-order chi connectivity index (χ1) is 16.3. The van der Waals surface area contributed by atoms with Gasteiger partial charge in [0.25, 0.3) is 0 Å². The van der Waals surface area contributed by atoms with Gasteiger partial charge in [-0.1, -0.05) is 55.0 Å². The Kier molecular flexibility index (Phi) is 6.63. The van der Waals surface area contributed by atoms with Crippen molar-refractivity contribution in [2.45, 2.75) is 31.2 Å². The Balaban J connectivity index is 1.66. The van der Waals surface area contributed by atoms with Crippen molar-refractivity contribution in [1.29, 1.82) is 0 Å². The van der Waals surface area contributed by atoms with E-state index in [1.54, 1.807) is 54.6 Å². The smallest absolute Gasteiger partial charge is 0.336 e. The largest absolute Gasteiger partial charge is 0.425 e. The monoisotopic (exact) mass is 477 g/mol. The first-order valence-corrected chi connectivity index (χ1v) is 12.2. The summed E-state index contributed by atoms with van der Waals surface area (Å²) < 4.78 is 39.2. The van der Waals surface area contributed by atoms with Gasteiger partial charge in [-0.3, -0.25) is 0 Å². The molecule has 1 heterocycles. The second kappa shape index (κ2) is 9.62. The van der Waals surface area contributed by atoms with Gasteiger partial charge < -0.3 is 9.15 Å². The first kappa shape index (κ1) is 23.4. The van der Waals surface area contributed by atoms with Gasteiger partial charge in [0.1, 0.15) is 17.4 Å². The maximum absolute atomic E-state index is 13.2. The van der Waals surface area contributed by atoms with Crippen LogP contribution in [0, 0.1) is 6.92 Å². The van der Waals surface area contributed by atoms with Crippen molar-refractivity contribution in [2.24, 2.45) is 0 Å². The molecule has 0 aliphatic heterocycles. The molecule has 1 aromatic heterocycles. The Labute approximate surface area is 197 Å². The Morgan fingerprint density at radius 2 is 1.71 bits per heavy atom. The number of carbonyl (C=O) groups excluding carboxylic acids is 1. The van der Waals surface area contributed by atoms with Gasteiger partial charge in [0, 0.05) is 17.5 Å². The molecule has 1 N–H and O–H groups in total. The number of carbonyl (C=O) groups is 1. The van der Waals surface area contributed by atoms with Gasteiger partial charge in [-0.05, 0) is 48.7 Å². The van der Waals surface area contributed by atoms with Gasteiger partial charge in [0.05, 0.1) is 4.90 Å². The molecule has 34 heavy (non-hydrogen) atoms. The maximum Gasteiger partial charge on any atom is 0.336 e. The van der Waals surface area contributed by atoms with Gasteiger partial charge in [0.2, 0.25) is 10.0 Å². The van der Waals surface area contributed by atoms with Crippen molar-refractivity contribution in [3.05, 3.63) is 106 Å². The molecule has 0 unspecified atom stereocenters. The number of rotatable bonds is 7. The molecule has 0 saturated heterocycles. The zero-order valence-electron chi connectivity index (χ0n) is 18.6.